The molecule has 6 nitrogen and oxygen atoms in total. The Bertz CT molecular complexity index is 745. The average molecular weight is 357 g/mol. The fourth-order valence-electron chi connectivity index (χ4n) is 2.58. The van der Waals surface area contributed by atoms with Crippen LogP contribution in [0.4, 0.5) is 0 Å². The quantitative estimate of drug-likeness (QED) is 0.531. The number of phenols is 1. The second kappa shape index (κ2) is 9.58. The lowest BCUT2D eigenvalue weighted by atomic mass is 9.99. The monoisotopic (exact) mass is 357 g/mol. The van der Waals surface area contributed by atoms with E-state index in [1.54, 1.807) is 12.1 Å². The number of aromatic hydroxyl groups is 1. The summed E-state index contributed by atoms with van der Waals surface area (Å²) in [5.74, 6) is -0.772. The molecule has 1 unspecified atom stereocenters. The van der Waals surface area contributed by atoms with Crippen LogP contribution in [-0.4, -0.2) is 30.7 Å². The first-order valence-electron chi connectivity index (χ1n) is 8.39. The van der Waals surface area contributed by atoms with Gasteiger partial charge in [-0.1, -0.05) is 36.4 Å². The van der Waals surface area contributed by atoms with Gasteiger partial charge in [0.05, 0.1) is 7.11 Å². The fourth-order valence-corrected chi connectivity index (χ4v) is 2.58. The lowest BCUT2D eigenvalue weighted by Gasteiger charge is -2.17. The Labute approximate surface area is 152 Å². The number of amides is 1. The Morgan fingerprint density at radius 3 is 2.50 bits per heavy atom. The van der Waals surface area contributed by atoms with E-state index in [1.165, 1.54) is 13.2 Å². The Morgan fingerprint density at radius 1 is 1.12 bits per heavy atom. The molecule has 1 atom stereocenters. The molecule has 6 heteroatoms. The van der Waals surface area contributed by atoms with Gasteiger partial charge in [0.2, 0.25) is 0 Å². The van der Waals surface area contributed by atoms with Crippen LogP contribution in [0.1, 0.15) is 30.9 Å². The molecule has 0 radical (unpaired) electrons. The van der Waals surface area contributed by atoms with Gasteiger partial charge in [-0.2, -0.15) is 0 Å². The molecule has 0 saturated heterocycles. The smallest absolute Gasteiger partial charge is 0.305 e. The Hall–Kier alpha value is -2.86. The SMILES string of the molecule is COC(=O)CCCCOC(C(N)=O)c1ccc(O)c(-c2ccccc2)c1. The number of unbranched alkanes of at least 4 members (excludes halogenated alkanes) is 1. The Kier molecular flexibility index (Phi) is 7.17. The zero-order valence-corrected chi connectivity index (χ0v) is 14.7. The van der Waals surface area contributed by atoms with Crippen LogP contribution in [0.3, 0.4) is 0 Å². The first-order chi connectivity index (χ1) is 12.5. The molecular formula is C20H23NO5. The van der Waals surface area contributed by atoms with E-state index < -0.39 is 12.0 Å². The maximum absolute atomic E-state index is 11.8. The van der Waals surface area contributed by atoms with E-state index in [-0.39, 0.29) is 18.3 Å². The number of methoxy groups -OCH3 is 1. The summed E-state index contributed by atoms with van der Waals surface area (Å²) in [4.78, 5) is 22.9. The van der Waals surface area contributed by atoms with E-state index in [0.29, 0.717) is 30.4 Å². The molecule has 2 aromatic rings. The highest BCUT2D eigenvalue weighted by molar-refractivity contribution is 5.82. The average Bonchev–Trinajstić information content (AvgIpc) is 2.65. The van der Waals surface area contributed by atoms with Crippen molar-refractivity contribution in [1.82, 2.24) is 0 Å². The van der Waals surface area contributed by atoms with E-state index in [2.05, 4.69) is 4.74 Å². The zero-order valence-electron chi connectivity index (χ0n) is 14.7. The largest absolute Gasteiger partial charge is 0.507 e. The summed E-state index contributed by atoms with van der Waals surface area (Å²) in [6.45, 7) is 0.284. The second-order valence-corrected chi connectivity index (χ2v) is 5.83. The predicted molar refractivity (Wildman–Crippen MR) is 97.3 cm³/mol. The van der Waals surface area contributed by atoms with Crippen molar-refractivity contribution in [3.63, 3.8) is 0 Å². The van der Waals surface area contributed by atoms with Crippen LogP contribution >= 0.6 is 0 Å². The maximum Gasteiger partial charge on any atom is 0.305 e. The van der Waals surface area contributed by atoms with Gasteiger partial charge < -0.3 is 20.3 Å². The summed E-state index contributed by atoms with van der Waals surface area (Å²) in [5, 5.41) is 10.1. The van der Waals surface area contributed by atoms with Gasteiger partial charge in [-0.05, 0) is 36.1 Å². The standard InChI is InChI=1S/C20H23NO5/c1-25-18(23)9-5-6-12-26-19(20(21)24)15-10-11-17(22)16(13-15)14-7-3-2-4-8-14/h2-4,7-8,10-11,13,19,22H,5-6,9,12H2,1H3,(H2,21,24). The van der Waals surface area contributed by atoms with E-state index in [4.69, 9.17) is 10.5 Å². The molecule has 2 rings (SSSR count). The third kappa shape index (κ3) is 5.32. The third-order valence-corrected chi connectivity index (χ3v) is 3.95. The highest BCUT2D eigenvalue weighted by Gasteiger charge is 2.20. The van der Waals surface area contributed by atoms with Crippen LogP contribution < -0.4 is 5.73 Å². The summed E-state index contributed by atoms with van der Waals surface area (Å²) in [7, 11) is 1.34. The van der Waals surface area contributed by atoms with Crippen LogP contribution in [-0.2, 0) is 19.1 Å². The summed E-state index contributed by atoms with van der Waals surface area (Å²) in [6, 6.07) is 14.2. The summed E-state index contributed by atoms with van der Waals surface area (Å²) < 4.78 is 10.2. The number of hydrogen-bond acceptors (Lipinski definition) is 5. The molecular weight excluding hydrogens is 334 g/mol. The molecule has 0 spiro atoms. The molecule has 138 valence electrons. The first kappa shape index (κ1) is 19.5. The van der Waals surface area contributed by atoms with E-state index >= 15 is 0 Å². The number of benzene rings is 2. The van der Waals surface area contributed by atoms with Crippen molar-refractivity contribution in [3.8, 4) is 16.9 Å². The number of phenolic OH excluding ortho intramolecular Hbond substituents is 1. The minimum Gasteiger partial charge on any atom is -0.507 e. The van der Waals surface area contributed by atoms with Gasteiger partial charge in [0, 0.05) is 18.6 Å². The molecule has 0 aliphatic rings. The lowest BCUT2D eigenvalue weighted by molar-refractivity contribution is -0.141. The lowest BCUT2D eigenvalue weighted by Crippen LogP contribution is -2.24. The zero-order chi connectivity index (χ0) is 18.9. The number of carbonyl (C=O) groups excluding carboxylic acids is 2. The number of ether oxygens (including phenoxy) is 2. The van der Waals surface area contributed by atoms with Gasteiger partial charge in [0.15, 0.2) is 6.10 Å². The number of rotatable bonds is 9. The highest BCUT2D eigenvalue weighted by atomic mass is 16.5. The summed E-state index contributed by atoms with van der Waals surface area (Å²) in [5.41, 5.74) is 7.48. The van der Waals surface area contributed by atoms with Crippen molar-refractivity contribution in [3.05, 3.63) is 54.1 Å². The molecule has 2 aromatic carbocycles. The van der Waals surface area contributed by atoms with Crippen LogP contribution in [0.15, 0.2) is 48.5 Å². The van der Waals surface area contributed by atoms with Crippen LogP contribution in [0.25, 0.3) is 11.1 Å². The Balaban J connectivity index is 2.08. The van der Waals surface area contributed by atoms with Gasteiger partial charge in [-0.3, -0.25) is 9.59 Å². The number of esters is 1. The van der Waals surface area contributed by atoms with Crippen molar-refractivity contribution in [2.75, 3.05) is 13.7 Å². The molecule has 1 amide bonds. The third-order valence-electron chi connectivity index (χ3n) is 3.95. The van der Waals surface area contributed by atoms with Crippen LogP contribution in [0, 0.1) is 0 Å². The molecule has 0 saturated carbocycles. The molecule has 3 N–H and O–H groups in total. The van der Waals surface area contributed by atoms with Crippen molar-refractivity contribution < 1.29 is 24.2 Å². The predicted octanol–water partition coefficient (Wildman–Crippen LogP) is 2.95. The van der Waals surface area contributed by atoms with Crippen molar-refractivity contribution in [2.24, 2.45) is 5.73 Å². The molecule has 0 aromatic heterocycles. The van der Waals surface area contributed by atoms with Crippen molar-refractivity contribution in [1.29, 1.82) is 0 Å². The summed E-state index contributed by atoms with van der Waals surface area (Å²) >= 11 is 0. The normalized spacial score (nSPS) is 11.7. The van der Waals surface area contributed by atoms with E-state index in [0.717, 1.165) is 5.56 Å². The maximum atomic E-state index is 11.8. The molecule has 0 aliphatic carbocycles. The number of hydrogen-bond donors (Lipinski definition) is 2. The van der Waals surface area contributed by atoms with E-state index in [1.807, 2.05) is 30.3 Å². The van der Waals surface area contributed by atoms with Gasteiger partial charge in [0.1, 0.15) is 5.75 Å². The topological polar surface area (TPSA) is 98.9 Å². The number of primary amides is 1. The van der Waals surface area contributed by atoms with Crippen molar-refractivity contribution in [2.45, 2.75) is 25.4 Å². The number of nitrogens with two attached hydrogens (primary N) is 1. The number of carbonyl (C=O) groups is 2. The van der Waals surface area contributed by atoms with Crippen LogP contribution in [0.5, 0.6) is 5.75 Å². The van der Waals surface area contributed by atoms with Gasteiger partial charge in [-0.15, -0.1) is 0 Å². The van der Waals surface area contributed by atoms with E-state index in [9.17, 15) is 14.7 Å². The van der Waals surface area contributed by atoms with Crippen molar-refractivity contribution >= 4 is 11.9 Å². The Morgan fingerprint density at radius 2 is 1.85 bits per heavy atom. The molecule has 0 bridgehead atoms. The van der Waals surface area contributed by atoms with Gasteiger partial charge in [-0.25, -0.2) is 0 Å². The first-order valence-corrected chi connectivity index (χ1v) is 8.39. The molecule has 0 heterocycles. The van der Waals surface area contributed by atoms with Gasteiger partial charge >= 0.3 is 5.97 Å². The molecule has 26 heavy (non-hydrogen) atoms. The minimum atomic E-state index is -0.920. The van der Waals surface area contributed by atoms with Crippen LogP contribution in [0.2, 0.25) is 0 Å². The molecule has 0 aliphatic heterocycles. The van der Waals surface area contributed by atoms with Gasteiger partial charge in [0.25, 0.3) is 5.91 Å². The second-order valence-electron chi connectivity index (χ2n) is 5.83. The minimum absolute atomic E-state index is 0.112. The molecule has 0 fully saturated rings. The highest BCUT2D eigenvalue weighted by Crippen LogP contribution is 2.32. The summed E-state index contributed by atoms with van der Waals surface area (Å²) in [6.07, 6.45) is 0.584. The fraction of sp³-hybridized carbons (Fsp3) is 0.300.